The lowest BCUT2D eigenvalue weighted by molar-refractivity contribution is -0.0124. The second kappa shape index (κ2) is 6.39. The van der Waals surface area contributed by atoms with Crippen LogP contribution in [0.25, 0.3) is 0 Å². The molecule has 0 aliphatic carbocycles. The highest BCUT2D eigenvalue weighted by molar-refractivity contribution is 5.31. The van der Waals surface area contributed by atoms with E-state index in [0.29, 0.717) is 18.8 Å². The highest BCUT2D eigenvalue weighted by atomic mass is 16.5. The molecule has 17 heavy (non-hydrogen) atoms. The first kappa shape index (κ1) is 13.7. The number of ether oxygens (including phenoxy) is 2. The lowest BCUT2D eigenvalue weighted by Gasteiger charge is -2.22. The van der Waals surface area contributed by atoms with Gasteiger partial charge in [-0.3, -0.25) is 0 Å². The van der Waals surface area contributed by atoms with E-state index < -0.39 is 0 Å². The van der Waals surface area contributed by atoms with Gasteiger partial charge in [-0.25, -0.2) is 0 Å². The van der Waals surface area contributed by atoms with Gasteiger partial charge in [-0.05, 0) is 38.0 Å². The van der Waals surface area contributed by atoms with Crippen LogP contribution >= 0.6 is 0 Å². The molecule has 0 aromatic heterocycles. The first-order chi connectivity index (χ1) is 8.07. The SMILES string of the molecule is COC(C)(C)CCOCc1ccc(C#N)cc1. The molecule has 0 bridgehead atoms. The lowest BCUT2D eigenvalue weighted by Crippen LogP contribution is -2.24. The van der Waals surface area contributed by atoms with Gasteiger partial charge in [0.25, 0.3) is 0 Å². The van der Waals surface area contributed by atoms with E-state index >= 15 is 0 Å². The Hall–Kier alpha value is -1.37. The van der Waals surface area contributed by atoms with Crippen molar-refractivity contribution in [2.75, 3.05) is 13.7 Å². The molecule has 0 aliphatic heterocycles. The van der Waals surface area contributed by atoms with Gasteiger partial charge in [-0.1, -0.05) is 12.1 Å². The van der Waals surface area contributed by atoms with E-state index in [1.54, 1.807) is 19.2 Å². The molecule has 3 nitrogen and oxygen atoms in total. The minimum absolute atomic E-state index is 0.134. The molecule has 1 aromatic rings. The Morgan fingerprint density at radius 1 is 1.24 bits per heavy atom. The normalized spacial score (nSPS) is 11.2. The number of hydrogen-bond acceptors (Lipinski definition) is 3. The smallest absolute Gasteiger partial charge is 0.0991 e. The molecule has 0 heterocycles. The molecule has 0 atom stereocenters. The van der Waals surface area contributed by atoms with Gasteiger partial charge in [-0.2, -0.15) is 5.26 Å². The summed E-state index contributed by atoms with van der Waals surface area (Å²) in [7, 11) is 1.71. The van der Waals surface area contributed by atoms with E-state index in [-0.39, 0.29) is 5.60 Å². The topological polar surface area (TPSA) is 42.2 Å². The van der Waals surface area contributed by atoms with Crippen LogP contribution < -0.4 is 0 Å². The third kappa shape index (κ3) is 4.99. The molecule has 0 spiro atoms. The van der Waals surface area contributed by atoms with E-state index in [4.69, 9.17) is 14.7 Å². The average molecular weight is 233 g/mol. The Morgan fingerprint density at radius 3 is 2.41 bits per heavy atom. The zero-order valence-electron chi connectivity index (χ0n) is 10.7. The van der Waals surface area contributed by atoms with Crippen LogP contribution in [0.2, 0.25) is 0 Å². The fraction of sp³-hybridized carbons (Fsp3) is 0.500. The highest BCUT2D eigenvalue weighted by Gasteiger charge is 2.15. The number of nitrogens with zero attached hydrogens (tertiary/aromatic N) is 1. The second-order valence-corrected chi connectivity index (χ2v) is 4.58. The summed E-state index contributed by atoms with van der Waals surface area (Å²) in [4.78, 5) is 0. The summed E-state index contributed by atoms with van der Waals surface area (Å²) in [6.45, 7) is 5.32. The van der Waals surface area contributed by atoms with Crippen molar-refractivity contribution >= 4 is 0 Å². The van der Waals surface area contributed by atoms with Crippen molar-refractivity contribution in [3.63, 3.8) is 0 Å². The molecule has 1 rings (SSSR count). The van der Waals surface area contributed by atoms with Crippen LogP contribution in [0.3, 0.4) is 0 Å². The van der Waals surface area contributed by atoms with Gasteiger partial charge >= 0.3 is 0 Å². The molecule has 0 radical (unpaired) electrons. The van der Waals surface area contributed by atoms with Crippen LogP contribution in [0.1, 0.15) is 31.4 Å². The molecule has 0 N–H and O–H groups in total. The molecular weight excluding hydrogens is 214 g/mol. The summed E-state index contributed by atoms with van der Waals surface area (Å²) in [5, 5.41) is 8.66. The summed E-state index contributed by atoms with van der Waals surface area (Å²) < 4.78 is 10.9. The van der Waals surface area contributed by atoms with Gasteiger partial charge in [0.05, 0.1) is 23.8 Å². The maximum atomic E-state index is 8.66. The van der Waals surface area contributed by atoms with Crippen LogP contribution in [-0.2, 0) is 16.1 Å². The van der Waals surface area contributed by atoms with Gasteiger partial charge < -0.3 is 9.47 Å². The van der Waals surface area contributed by atoms with Crippen LogP contribution in [0.15, 0.2) is 24.3 Å². The standard InChI is InChI=1S/C14H19NO2/c1-14(2,16-3)8-9-17-11-13-6-4-12(10-15)5-7-13/h4-7H,8-9,11H2,1-3H3. The van der Waals surface area contributed by atoms with Gasteiger partial charge in [-0.15, -0.1) is 0 Å². The van der Waals surface area contributed by atoms with Gasteiger partial charge in [0.2, 0.25) is 0 Å². The monoisotopic (exact) mass is 233 g/mol. The average Bonchev–Trinajstić information content (AvgIpc) is 2.35. The molecule has 0 saturated carbocycles. The Kier molecular flexibility index (Phi) is 5.14. The lowest BCUT2D eigenvalue weighted by atomic mass is 10.1. The zero-order chi connectivity index (χ0) is 12.7. The van der Waals surface area contributed by atoms with Gasteiger partial charge in [0.1, 0.15) is 0 Å². The first-order valence-electron chi connectivity index (χ1n) is 5.69. The van der Waals surface area contributed by atoms with Crippen molar-refractivity contribution in [1.29, 1.82) is 5.26 Å². The van der Waals surface area contributed by atoms with Gasteiger partial charge in [0, 0.05) is 13.7 Å². The summed E-state index contributed by atoms with van der Waals surface area (Å²) in [6.07, 6.45) is 0.861. The largest absolute Gasteiger partial charge is 0.379 e. The molecule has 0 unspecified atom stereocenters. The molecular formula is C14H19NO2. The second-order valence-electron chi connectivity index (χ2n) is 4.58. The van der Waals surface area contributed by atoms with E-state index in [9.17, 15) is 0 Å². The quantitative estimate of drug-likeness (QED) is 0.709. The summed E-state index contributed by atoms with van der Waals surface area (Å²) in [6, 6.07) is 9.53. The van der Waals surface area contributed by atoms with Crippen LogP contribution in [0.5, 0.6) is 0 Å². The van der Waals surface area contributed by atoms with E-state index in [1.807, 2.05) is 26.0 Å². The molecule has 92 valence electrons. The van der Waals surface area contributed by atoms with Crippen LogP contribution in [0, 0.1) is 11.3 Å². The molecule has 0 amide bonds. The van der Waals surface area contributed by atoms with Gasteiger partial charge in [0.15, 0.2) is 0 Å². The van der Waals surface area contributed by atoms with E-state index in [0.717, 1.165) is 12.0 Å². The Morgan fingerprint density at radius 2 is 1.88 bits per heavy atom. The Labute approximate surface area is 103 Å². The van der Waals surface area contributed by atoms with Crippen molar-refractivity contribution in [3.8, 4) is 6.07 Å². The summed E-state index contributed by atoms with van der Waals surface area (Å²) in [5.74, 6) is 0. The third-order valence-corrected chi connectivity index (χ3v) is 2.75. The molecule has 0 saturated heterocycles. The predicted molar refractivity (Wildman–Crippen MR) is 66.5 cm³/mol. The van der Waals surface area contributed by atoms with Crippen molar-refractivity contribution in [1.82, 2.24) is 0 Å². The number of hydrogen-bond donors (Lipinski definition) is 0. The maximum absolute atomic E-state index is 8.66. The summed E-state index contributed by atoms with van der Waals surface area (Å²) >= 11 is 0. The maximum Gasteiger partial charge on any atom is 0.0991 e. The third-order valence-electron chi connectivity index (χ3n) is 2.75. The van der Waals surface area contributed by atoms with Crippen molar-refractivity contribution in [2.24, 2.45) is 0 Å². The van der Waals surface area contributed by atoms with E-state index in [2.05, 4.69) is 6.07 Å². The van der Waals surface area contributed by atoms with Crippen LogP contribution in [-0.4, -0.2) is 19.3 Å². The highest BCUT2D eigenvalue weighted by Crippen LogP contribution is 2.13. The van der Waals surface area contributed by atoms with E-state index in [1.165, 1.54) is 0 Å². The number of rotatable bonds is 6. The minimum Gasteiger partial charge on any atom is -0.379 e. The molecule has 0 fully saturated rings. The van der Waals surface area contributed by atoms with Crippen molar-refractivity contribution < 1.29 is 9.47 Å². The summed E-state index contributed by atoms with van der Waals surface area (Å²) in [5.41, 5.74) is 1.62. The minimum atomic E-state index is -0.134. The fourth-order valence-corrected chi connectivity index (χ4v) is 1.29. The number of methoxy groups -OCH3 is 1. The van der Waals surface area contributed by atoms with Crippen LogP contribution in [0.4, 0.5) is 0 Å². The molecule has 3 heteroatoms. The number of nitriles is 1. The van der Waals surface area contributed by atoms with Crippen molar-refractivity contribution in [2.45, 2.75) is 32.5 Å². The Balaban J connectivity index is 2.29. The predicted octanol–water partition coefficient (Wildman–Crippen LogP) is 2.89. The first-order valence-corrected chi connectivity index (χ1v) is 5.69. The molecule has 1 aromatic carbocycles. The zero-order valence-corrected chi connectivity index (χ0v) is 10.7. The fourth-order valence-electron chi connectivity index (χ4n) is 1.29. The number of benzene rings is 1. The van der Waals surface area contributed by atoms with Crippen molar-refractivity contribution in [3.05, 3.63) is 35.4 Å². The Bertz CT molecular complexity index is 376. The molecule has 0 aliphatic rings.